The molecule has 27 heavy (non-hydrogen) atoms. The van der Waals surface area contributed by atoms with Gasteiger partial charge in [-0.15, -0.1) is 11.3 Å². The fraction of sp³-hybridized carbons (Fsp3) is 0.500. The van der Waals surface area contributed by atoms with E-state index < -0.39 is 0 Å². The quantitative estimate of drug-likeness (QED) is 0.863. The molecule has 0 spiro atoms. The molecular weight excluding hydrogens is 354 g/mol. The van der Waals surface area contributed by atoms with Gasteiger partial charge in [-0.05, 0) is 74.5 Å². The number of carbonyl (C=O) groups is 1. The van der Waals surface area contributed by atoms with E-state index in [-0.39, 0.29) is 5.91 Å². The molecule has 2 heterocycles. The molecule has 1 aromatic heterocycles. The predicted octanol–water partition coefficient (Wildman–Crippen LogP) is 4.19. The molecule has 1 aliphatic carbocycles. The average molecular weight is 384 g/mol. The summed E-state index contributed by atoms with van der Waals surface area (Å²) in [6.45, 7) is 8.68. The molecule has 1 aliphatic heterocycles. The number of carbonyl (C=O) groups excluding carboxylic acids is 1. The molecule has 4 rings (SSSR count). The number of likely N-dealkylation sites (N-methyl/N-ethyl adjacent to an activating group) is 1. The van der Waals surface area contributed by atoms with Gasteiger partial charge in [0.15, 0.2) is 0 Å². The molecule has 2 aromatic rings. The third-order valence-electron chi connectivity index (χ3n) is 5.88. The lowest BCUT2D eigenvalue weighted by molar-refractivity contribution is 0.103. The summed E-state index contributed by atoms with van der Waals surface area (Å²) in [4.78, 5) is 19.8. The van der Waals surface area contributed by atoms with Crippen LogP contribution >= 0.6 is 11.3 Å². The first-order valence-corrected chi connectivity index (χ1v) is 10.8. The molecule has 4 nitrogen and oxygen atoms in total. The second-order valence-corrected chi connectivity index (χ2v) is 9.29. The van der Waals surface area contributed by atoms with Crippen molar-refractivity contribution in [1.82, 2.24) is 4.90 Å². The summed E-state index contributed by atoms with van der Waals surface area (Å²) >= 11 is 1.67. The molecule has 1 unspecified atom stereocenters. The number of benzene rings is 1. The summed E-state index contributed by atoms with van der Waals surface area (Å²) in [5.74, 6) is 0.755. The Labute approximate surface area is 166 Å². The highest BCUT2D eigenvalue weighted by Gasteiger charge is 2.21. The van der Waals surface area contributed by atoms with E-state index in [9.17, 15) is 4.79 Å². The van der Waals surface area contributed by atoms with Crippen molar-refractivity contribution < 1.29 is 4.79 Å². The van der Waals surface area contributed by atoms with Crippen LogP contribution in [0.25, 0.3) is 0 Å². The number of fused-ring (bicyclic) bond motifs is 1. The second-order valence-electron chi connectivity index (χ2n) is 8.15. The number of hydrogen-bond donors (Lipinski definition) is 1. The molecule has 1 atom stereocenters. The van der Waals surface area contributed by atoms with Crippen LogP contribution in [-0.4, -0.2) is 44.0 Å². The number of nitrogens with one attached hydrogen (secondary N) is 1. The van der Waals surface area contributed by atoms with Gasteiger partial charge in [0.1, 0.15) is 0 Å². The van der Waals surface area contributed by atoms with Gasteiger partial charge in [-0.2, -0.15) is 0 Å². The van der Waals surface area contributed by atoms with Gasteiger partial charge in [-0.25, -0.2) is 0 Å². The molecule has 1 fully saturated rings. The molecule has 0 saturated carbocycles. The fourth-order valence-electron chi connectivity index (χ4n) is 4.05. The number of amides is 1. The smallest absolute Gasteiger partial charge is 0.265 e. The highest BCUT2D eigenvalue weighted by atomic mass is 32.1. The summed E-state index contributed by atoms with van der Waals surface area (Å²) in [5, 5.41) is 3.13. The molecule has 1 amide bonds. The Morgan fingerprint density at radius 1 is 1.19 bits per heavy atom. The van der Waals surface area contributed by atoms with Crippen molar-refractivity contribution in [3.05, 3.63) is 45.1 Å². The lowest BCUT2D eigenvalue weighted by Crippen LogP contribution is -2.44. The standard InChI is InChI=1S/C22H29N3OS/c1-15-4-7-20-17(12-15)14-21(27-20)22(26)23-19-6-5-18(13-16(19)2)25-10-8-24(3)9-11-25/h5-6,13-15H,4,7-12H2,1-3H3,(H,23,26). The summed E-state index contributed by atoms with van der Waals surface area (Å²) in [6, 6.07) is 8.49. The van der Waals surface area contributed by atoms with Crippen molar-refractivity contribution in [2.45, 2.75) is 33.1 Å². The van der Waals surface area contributed by atoms with Crippen LogP contribution < -0.4 is 10.2 Å². The predicted molar refractivity (Wildman–Crippen MR) is 114 cm³/mol. The van der Waals surface area contributed by atoms with Gasteiger partial charge in [-0.1, -0.05) is 6.92 Å². The topological polar surface area (TPSA) is 35.6 Å². The van der Waals surface area contributed by atoms with Crippen LogP contribution in [0.4, 0.5) is 11.4 Å². The van der Waals surface area contributed by atoms with Crippen molar-refractivity contribution in [1.29, 1.82) is 0 Å². The zero-order valence-corrected chi connectivity index (χ0v) is 17.4. The lowest BCUT2D eigenvalue weighted by Gasteiger charge is -2.34. The monoisotopic (exact) mass is 383 g/mol. The van der Waals surface area contributed by atoms with Gasteiger partial charge < -0.3 is 15.1 Å². The third kappa shape index (κ3) is 4.04. The van der Waals surface area contributed by atoms with Gasteiger partial charge >= 0.3 is 0 Å². The van der Waals surface area contributed by atoms with Crippen LogP contribution in [0.2, 0.25) is 0 Å². The maximum absolute atomic E-state index is 12.8. The second kappa shape index (κ2) is 7.64. The van der Waals surface area contributed by atoms with E-state index in [1.165, 1.54) is 22.5 Å². The fourth-order valence-corrected chi connectivity index (χ4v) is 5.15. The number of hydrogen-bond acceptors (Lipinski definition) is 4. The van der Waals surface area contributed by atoms with Crippen LogP contribution in [0.3, 0.4) is 0 Å². The molecule has 144 valence electrons. The van der Waals surface area contributed by atoms with Crippen LogP contribution in [-0.2, 0) is 12.8 Å². The van der Waals surface area contributed by atoms with E-state index in [4.69, 9.17) is 0 Å². The molecule has 1 aromatic carbocycles. The first kappa shape index (κ1) is 18.5. The SMILES string of the molecule is Cc1cc(N2CCN(C)CC2)ccc1NC(=O)c1cc2c(s1)CCC(C)C2. The maximum Gasteiger partial charge on any atom is 0.265 e. The number of piperazine rings is 1. The van der Waals surface area contributed by atoms with Crippen molar-refractivity contribution in [2.24, 2.45) is 5.92 Å². The lowest BCUT2D eigenvalue weighted by atomic mass is 9.90. The van der Waals surface area contributed by atoms with Crippen LogP contribution in [0.15, 0.2) is 24.3 Å². The van der Waals surface area contributed by atoms with Crippen LogP contribution in [0, 0.1) is 12.8 Å². The summed E-state index contributed by atoms with van der Waals surface area (Å²) in [5.41, 5.74) is 4.66. The van der Waals surface area contributed by atoms with Crippen molar-refractivity contribution in [3.8, 4) is 0 Å². The minimum Gasteiger partial charge on any atom is -0.369 e. The highest BCUT2D eigenvalue weighted by molar-refractivity contribution is 7.14. The third-order valence-corrected chi connectivity index (χ3v) is 7.12. The summed E-state index contributed by atoms with van der Waals surface area (Å²) in [7, 11) is 2.17. The number of anilines is 2. The van der Waals surface area contributed by atoms with Gasteiger partial charge in [0.25, 0.3) is 5.91 Å². The van der Waals surface area contributed by atoms with E-state index in [2.05, 4.69) is 60.3 Å². The van der Waals surface area contributed by atoms with Crippen LogP contribution in [0.1, 0.15) is 39.0 Å². The van der Waals surface area contributed by atoms with E-state index in [0.29, 0.717) is 0 Å². The number of aryl methyl sites for hydroxylation is 2. The molecule has 1 saturated heterocycles. The molecule has 2 aliphatic rings. The summed E-state index contributed by atoms with van der Waals surface area (Å²) < 4.78 is 0. The first-order chi connectivity index (χ1) is 13.0. The Balaban J connectivity index is 1.45. The van der Waals surface area contributed by atoms with E-state index in [1.54, 1.807) is 11.3 Å². The number of rotatable bonds is 3. The Hall–Kier alpha value is -1.85. The molecule has 0 bridgehead atoms. The molecule has 0 radical (unpaired) electrons. The molecule has 5 heteroatoms. The van der Waals surface area contributed by atoms with Gasteiger partial charge in [0, 0.05) is 42.4 Å². The van der Waals surface area contributed by atoms with Crippen molar-refractivity contribution >= 4 is 28.6 Å². The number of thiophene rings is 1. The van der Waals surface area contributed by atoms with Gasteiger partial charge in [0.05, 0.1) is 4.88 Å². The van der Waals surface area contributed by atoms with Crippen molar-refractivity contribution in [2.75, 3.05) is 43.4 Å². The maximum atomic E-state index is 12.8. The zero-order valence-electron chi connectivity index (χ0n) is 16.5. The normalized spacial score (nSPS) is 20.4. The Morgan fingerprint density at radius 2 is 1.96 bits per heavy atom. The number of nitrogens with zero attached hydrogens (tertiary/aromatic N) is 2. The summed E-state index contributed by atoms with van der Waals surface area (Å²) in [6.07, 6.45) is 3.46. The Bertz CT molecular complexity index is 836. The molecular formula is C22H29N3OS. The van der Waals surface area contributed by atoms with Gasteiger partial charge in [0.2, 0.25) is 0 Å². The zero-order chi connectivity index (χ0) is 19.0. The van der Waals surface area contributed by atoms with E-state index in [0.717, 1.165) is 61.1 Å². The average Bonchev–Trinajstić information content (AvgIpc) is 3.07. The van der Waals surface area contributed by atoms with E-state index >= 15 is 0 Å². The molecule has 1 N–H and O–H groups in total. The minimum atomic E-state index is 0.0255. The highest BCUT2D eigenvalue weighted by Crippen LogP contribution is 2.33. The largest absolute Gasteiger partial charge is 0.369 e. The van der Waals surface area contributed by atoms with Crippen LogP contribution in [0.5, 0.6) is 0 Å². The minimum absolute atomic E-state index is 0.0255. The Kier molecular flexibility index (Phi) is 5.24. The Morgan fingerprint density at radius 3 is 2.70 bits per heavy atom. The van der Waals surface area contributed by atoms with Gasteiger partial charge in [-0.3, -0.25) is 4.79 Å². The van der Waals surface area contributed by atoms with E-state index in [1.807, 2.05) is 0 Å². The van der Waals surface area contributed by atoms with Crippen molar-refractivity contribution in [3.63, 3.8) is 0 Å². The first-order valence-electron chi connectivity index (χ1n) is 9.96.